The average Bonchev–Trinajstić information content (AvgIpc) is 3.25. The molecule has 7 heteroatoms. The molecule has 0 atom stereocenters. The molecule has 3 N–H and O–H groups in total. The van der Waals surface area contributed by atoms with Gasteiger partial charge >= 0.3 is 0 Å². The molecule has 0 aliphatic carbocycles. The van der Waals surface area contributed by atoms with Crippen molar-refractivity contribution in [2.75, 3.05) is 42.1 Å². The third-order valence-corrected chi connectivity index (χ3v) is 8.09. The van der Waals surface area contributed by atoms with Crippen molar-refractivity contribution in [3.8, 4) is 0 Å². The highest BCUT2D eigenvalue weighted by Crippen LogP contribution is 2.31. The Labute approximate surface area is 205 Å². The van der Waals surface area contributed by atoms with Crippen LogP contribution in [0.1, 0.15) is 52.9 Å². The first-order valence-electron chi connectivity index (χ1n) is 12.3. The number of rotatable bonds is 6. The standard InChI is InChI=1S/C27H33N5OS/c1-19-7-3-4-8-23(19)24(33)25-26(28)30-27(34-25)29-20-9-11-21(12-10-20)32-17-13-22(14-18-32)31-15-5-2-6-16-31/h3-4,7-12,22H,2,5-6,13-18,28H2,1H3,(H,29,30). The SMILES string of the molecule is Cc1ccccc1C(=O)c1sc(Nc2ccc(N3CCC(N4CCCCC4)CC3)cc2)nc1N. The maximum absolute atomic E-state index is 13.0. The zero-order valence-corrected chi connectivity index (χ0v) is 20.6. The predicted molar refractivity (Wildman–Crippen MR) is 142 cm³/mol. The van der Waals surface area contributed by atoms with Gasteiger partial charge in [0.1, 0.15) is 10.7 Å². The summed E-state index contributed by atoms with van der Waals surface area (Å²) in [5, 5.41) is 3.95. The number of hydrogen-bond acceptors (Lipinski definition) is 7. The second-order valence-electron chi connectivity index (χ2n) is 9.36. The van der Waals surface area contributed by atoms with Crippen LogP contribution < -0.4 is 16.0 Å². The Morgan fingerprint density at radius 1 is 1.00 bits per heavy atom. The average molecular weight is 476 g/mol. The number of nitrogens with two attached hydrogens (primary N) is 1. The second-order valence-corrected chi connectivity index (χ2v) is 10.4. The molecule has 6 nitrogen and oxygen atoms in total. The summed E-state index contributed by atoms with van der Waals surface area (Å²) >= 11 is 1.30. The summed E-state index contributed by atoms with van der Waals surface area (Å²) in [6.07, 6.45) is 6.61. The lowest BCUT2D eigenvalue weighted by Crippen LogP contribution is -2.46. The van der Waals surface area contributed by atoms with Crippen LogP contribution in [0.4, 0.5) is 22.3 Å². The topological polar surface area (TPSA) is 74.5 Å². The van der Waals surface area contributed by atoms with E-state index in [2.05, 4.69) is 44.4 Å². The van der Waals surface area contributed by atoms with Gasteiger partial charge in [-0.2, -0.15) is 0 Å². The van der Waals surface area contributed by atoms with E-state index in [1.54, 1.807) is 0 Å². The number of likely N-dealkylation sites (tertiary alicyclic amines) is 1. The number of carbonyl (C=O) groups is 1. The third kappa shape index (κ3) is 4.95. The Kier molecular flexibility index (Phi) is 6.83. The van der Waals surface area contributed by atoms with Gasteiger partial charge in [0, 0.05) is 36.1 Å². The Morgan fingerprint density at radius 2 is 1.71 bits per heavy atom. The molecule has 34 heavy (non-hydrogen) atoms. The summed E-state index contributed by atoms with van der Waals surface area (Å²) < 4.78 is 0. The van der Waals surface area contributed by atoms with Crippen molar-refractivity contribution in [2.24, 2.45) is 0 Å². The van der Waals surface area contributed by atoms with Crippen LogP contribution in [-0.2, 0) is 0 Å². The van der Waals surface area contributed by atoms with E-state index >= 15 is 0 Å². The van der Waals surface area contributed by atoms with Crippen LogP contribution >= 0.6 is 11.3 Å². The van der Waals surface area contributed by atoms with Crippen molar-refractivity contribution in [1.29, 1.82) is 0 Å². The van der Waals surface area contributed by atoms with Crippen LogP contribution in [0.3, 0.4) is 0 Å². The summed E-state index contributed by atoms with van der Waals surface area (Å²) in [5.41, 5.74) is 9.90. The van der Waals surface area contributed by atoms with Crippen molar-refractivity contribution in [2.45, 2.75) is 45.1 Å². The minimum Gasteiger partial charge on any atom is -0.382 e. The van der Waals surface area contributed by atoms with Gasteiger partial charge in [-0.25, -0.2) is 4.98 Å². The number of piperidine rings is 2. The van der Waals surface area contributed by atoms with Crippen LogP contribution in [0, 0.1) is 6.92 Å². The van der Waals surface area contributed by atoms with Crippen molar-refractivity contribution >= 4 is 39.4 Å². The van der Waals surface area contributed by atoms with Crippen molar-refractivity contribution in [3.63, 3.8) is 0 Å². The minimum absolute atomic E-state index is 0.0792. The maximum atomic E-state index is 13.0. The summed E-state index contributed by atoms with van der Waals surface area (Å²) in [6, 6.07) is 16.8. The molecular weight excluding hydrogens is 442 g/mol. The summed E-state index contributed by atoms with van der Waals surface area (Å²) in [5.74, 6) is 0.193. The van der Waals surface area contributed by atoms with Crippen molar-refractivity contribution < 1.29 is 4.79 Å². The van der Waals surface area contributed by atoms with E-state index < -0.39 is 0 Å². The molecule has 3 aromatic rings. The van der Waals surface area contributed by atoms with Crippen LogP contribution in [0.5, 0.6) is 0 Å². The molecule has 0 unspecified atom stereocenters. The van der Waals surface area contributed by atoms with Gasteiger partial charge in [-0.15, -0.1) is 0 Å². The first-order chi connectivity index (χ1) is 16.6. The molecule has 2 saturated heterocycles. The quantitative estimate of drug-likeness (QED) is 0.461. The zero-order chi connectivity index (χ0) is 23.5. The van der Waals surface area contributed by atoms with Crippen molar-refractivity contribution in [3.05, 3.63) is 64.5 Å². The molecule has 0 bridgehead atoms. The molecule has 5 rings (SSSR count). The van der Waals surface area contributed by atoms with Crippen LogP contribution in [-0.4, -0.2) is 47.9 Å². The number of nitrogen functional groups attached to an aromatic ring is 1. The number of aryl methyl sites for hydroxylation is 1. The monoisotopic (exact) mass is 475 g/mol. The molecule has 2 aromatic carbocycles. The highest BCUT2D eigenvalue weighted by Gasteiger charge is 2.25. The fourth-order valence-corrected chi connectivity index (χ4v) is 6.01. The predicted octanol–water partition coefficient (Wildman–Crippen LogP) is 5.46. The van der Waals surface area contributed by atoms with Gasteiger partial charge in [-0.1, -0.05) is 42.0 Å². The Balaban J connectivity index is 1.20. The van der Waals surface area contributed by atoms with Gasteiger partial charge < -0.3 is 20.9 Å². The number of nitrogens with one attached hydrogen (secondary N) is 1. The molecule has 2 aliphatic heterocycles. The van der Waals surface area contributed by atoms with Gasteiger partial charge in [0.25, 0.3) is 0 Å². The second kappa shape index (κ2) is 10.2. The lowest BCUT2D eigenvalue weighted by Gasteiger charge is -2.41. The van der Waals surface area contributed by atoms with Crippen LogP contribution in [0.2, 0.25) is 0 Å². The van der Waals surface area contributed by atoms with Crippen molar-refractivity contribution in [1.82, 2.24) is 9.88 Å². The summed E-state index contributed by atoms with van der Waals surface area (Å²) in [6.45, 7) is 6.72. The number of carbonyl (C=O) groups excluding carboxylic acids is 1. The lowest BCUT2D eigenvalue weighted by atomic mass is 9.99. The minimum atomic E-state index is -0.0792. The number of thiazole rings is 1. The highest BCUT2D eigenvalue weighted by atomic mass is 32.1. The highest BCUT2D eigenvalue weighted by molar-refractivity contribution is 7.18. The van der Waals surface area contributed by atoms with Gasteiger partial charge in [-0.3, -0.25) is 4.79 Å². The van der Waals surface area contributed by atoms with Crippen LogP contribution in [0.25, 0.3) is 0 Å². The first-order valence-corrected chi connectivity index (χ1v) is 13.1. The largest absolute Gasteiger partial charge is 0.382 e. The van der Waals surface area contributed by atoms with E-state index in [0.29, 0.717) is 15.6 Å². The number of nitrogens with zero attached hydrogens (tertiary/aromatic N) is 3. The Morgan fingerprint density at radius 3 is 2.41 bits per heavy atom. The third-order valence-electron chi connectivity index (χ3n) is 7.10. The number of hydrogen-bond donors (Lipinski definition) is 2. The van der Waals surface area contributed by atoms with E-state index in [1.807, 2.05) is 31.2 Å². The number of aromatic nitrogens is 1. The summed E-state index contributed by atoms with van der Waals surface area (Å²) in [4.78, 5) is 23.0. The van der Waals surface area contributed by atoms with E-state index in [-0.39, 0.29) is 11.6 Å². The summed E-state index contributed by atoms with van der Waals surface area (Å²) in [7, 11) is 0. The molecule has 2 aliphatic rings. The maximum Gasteiger partial charge on any atom is 0.207 e. The normalized spacial score (nSPS) is 17.6. The molecule has 0 saturated carbocycles. The molecule has 0 radical (unpaired) electrons. The lowest BCUT2D eigenvalue weighted by molar-refractivity contribution is 0.104. The number of benzene rings is 2. The van der Waals surface area contributed by atoms with Crippen LogP contribution in [0.15, 0.2) is 48.5 Å². The molecule has 3 heterocycles. The van der Waals surface area contributed by atoms with Gasteiger partial charge in [0.15, 0.2) is 5.13 Å². The Hall–Kier alpha value is -2.90. The molecule has 0 amide bonds. The molecule has 2 fully saturated rings. The van der Waals surface area contributed by atoms with E-state index in [9.17, 15) is 4.79 Å². The molecular formula is C27H33N5OS. The zero-order valence-electron chi connectivity index (χ0n) is 19.8. The number of ketones is 1. The molecule has 1 aromatic heterocycles. The van der Waals surface area contributed by atoms with E-state index in [1.165, 1.54) is 62.2 Å². The fourth-order valence-electron chi connectivity index (χ4n) is 5.15. The van der Waals surface area contributed by atoms with Gasteiger partial charge in [0.2, 0.25) is 5.78 Å². The number of anilines is 4. The molecule has 0 spiro atoms. The van der Waals surface area contributed by atoms with E-state index in [4.69, 9.17) is 5.73 Å². The smallest absolute Gasteiger partial charge is 0.207 e. The van der Waals surface area contributed by atoms with Gasteiger partial charge in [-0.05, 0) is 75.5 Å². The van der Waals surface area contributed by atoms with Gasteiger partial charge in [0.05, 0.1) is 0 Å². The fraction of sp³-hybridized carbons (Fsp3) is 0.407. The molecule has 178 valence electrons. The first kappa shape index (κ1) is 22.9. The van der Waals surface area contributed by atoms with E-state index in [0.717, 1.165) is 30.4 Å². The Bertz CT molecular complexity index is 1130.